The van der Waals surface area contributed by atoms with E-state index in [-0.39, 0.29) is 5.82 Å². The molecule has 4 heteroatoms. The Bertz CT molecular complexity index is 543. The maximum absolute atomic E-state index is 13.0. The number of nitrogens with one attached hydrogen (secondary N) is 1. The van der Waals surface area contributed by atoms with E-state index < -0.39 is 0 Å². The molecule has 0 aliphatic rings. The first-order valence-corrected chi connectivity index (χ1v) is 6.06. The van der Waals surface area contributed by atoms with Crippen LogP contribution in [0.5, 0.6) is 0 Å². The lowest BCUT2D eigenvalue weighted by atomic mass is 10.1. The fraction of sp³-hybridized carbons (Fsp3) is 0.143. The smallest absolute Gasteiger partial charge is 0.123 e. The molecule has 0 aliphatic carbocycles. The average molecular weight is 265 g/mol. The number of halogens is 2. The maximum atomic E-state index is 13.0. The van der Waals surface area contributed by atoms with Gasteiger partial charge in [0.25, 0.3) is 0 Å². The SMILES string of the molecule is Nc1ccc(Cl)cc1NCCc1cccc(F)c1. The Morgan fingerprint density at radius 2 is 2.00 bits per heavy atom. The Kier molecular flexibility index (Phi) is 4.05. The first-order chi connectivity index (χ1) is 8.65. The summed E-state index contributed by atoms with van der Waals surface area (Å²) in [5, 5.41) is 3.83. The summed E-state index contributed by atoms with van der Waals surface area (Å²) in [5.74, 6) is -0.213. The quantitative estimate of drug-likeness (QED) is 0.826. The molecule has 0 heterocycles. The molecule has 0 spiro atoms. The second kappa shape index (κ2) is 5.74. The Morgan fingerprint density at radius 3 is 2.78 bits per heavy atom. The molecule has 2 rings (SSSR count). The van der Waals surface area contributed by atoms with Crippen LogP contribution in [0.3, 0.4) is 0 Å². The average Bonchev–Trinajstić information content (AvgIpc) is 2.34. The van der Waals surface area contributed by atoms with Crippen LogP contribution in [0.25, 0.3) is 0 Å². The summed E-state index contributed by atoms with van der Waals surface area (Å²) in [7, 11) is 0. The normalized spacial score (nSPS) is 10.3. The first-order valence-electron chi connectivity index (χ1n) is 5.68. The van der Waals surface area contributed by atoms with Gasteiger partial charge in [-0.3, -0.25) is 0 Å². The van der Waals surface area contributed by atoms with Crippen LogP contribution in [0.2, 0.25) is 5.02 Å². The molecule has 0 aromatic heterocycles. The van der Waals surface area contributed by atoms with E-state index in [0.717, 1.165) is 17.7 Å². The standard InChI is InChI=1S/C14H14ClFN2/c15-11-4-5-13(17)14(9-11)18-7-6-10-2-1-3-12(16)8-10/h1-5,8-9,18H,6-7,17H2. The lowest BCUT2D eigenvalue weighted by molar-refractivity contribution is 0.625. The summed E-state index contributed by atoms with van der Waals surface area (Å²) < 4.78 is 13.0. The highest BCUT2D eigenvalue weighted by Gasteiger charge is 2.00. The molecule has 94 valence electrons. The van der Waals surface area contributed by atoms with Crippen molar-refractivity contribution in [2.75, 3.05) is 17.6 Å². The molecule has 0 radical (unpaired) electrons. The lowest BCUT2D eigenvalue weighted by Gasteiger charge is -2.09. The van der Waals surface area contributed by atoms with Gasteiger partial charge < -0.3 is 11.1 Å². The van der Waals surface area contributed by atoms with Crippen LogP contribution in [0.15, 0.2) is 42.5 Å². The molecule has 0 fully saturated rings. The van der Waals surface area contributed by atoms with Crippen LogP contribution in [0.1, 0.15) is 5.56 Å². The largest absolute Gasteiger partial charge is 0.397 e. The zero-order valence-electron chi connectivity index (χ0n) is 9.79. The second-order valence-electron chi connectivity index (χ2n) is 4.04. The number of benzene rings is 2. The number of anilines is 2. The fourth-order valence-electron chi connectivity index (χ4n) is 1.72. The summed E-state index contributed by atoms with van der Waals surface area (Å²) in [6.07, 6.45) is 0.726. The van der Waals surface area contributed by atoms with Gasteiger partial charge in [-0.25, -0.2) is 4.39 Å². The van der Waals surface area contributed by atoms with Gasteiger partial charge in [0.1, 0.15) is 5.82 Å². The zero-order chi connectivity index (χ0) is 13.0. The predicted molar refractivity (Wildman–Crippen MR) is 74.5 cm³/mol. The van der Waals surface area contributed by atoms with Gasteiger partial charge >= 0.3 is 0 Å². The Labute approximate surface area is 111 Å². The Morgan fingerprint density at radius 1 is 1.17 bits per heavy atom. The van der Waals surface area contributed by atoms with Gasteiger partial charge in [-0.1, -0.05) is 23.7 Å². The molecule has 0 saturated carbocycles. The molecular formula is C14H14ClFN2. The van der Waals surface area contributed by atoms with Crippen molar-refractivity contribution in [1.29, 1.82) is 0 Å². The molecular weight excluding hydrogens is 251 g/mol. The van der Waals surface area contributed by atoms with Crippen molar-refractivity contribution in [3.63, 3.8) is 0 Å². The highest BCUT2D eigenvalue weighted by atomic mass is 35.5. The number of hydrogen-bond acceptors (Lipinski definition) is 2. The molecule has 2 aromatic carbocycles. The molecule has 2 aromatic rings. The molecule has 0 saturated heterocycles. The van der Waals surface area contributed by atoms with Crippen molar-refractivity contribution in [3.05, 3.63) is 58.9 Å². The molecule has 0 amide bonds. The van der Waals surface area contributed by atoms with Gasteiger partial charge in [-0.2, -0.15) is 0 Å². The van der Waals surface area contributed by atoms with Crippen LogP contribution in [0.4, 0.5) is 15.8 Å². The Balaban J connectivity index is 1.94. The van der Waals surface area contributed by atoms with Crippen molar-refractivity contribution in [3.8, 4) is 0 Å². The van der Waals surface area contributed by atoms with E-state index in [0.29, 0.717) is 17.3 Å². The van der Waals surface area contributed by atoms with Crippen LogP contribution in [0, 0.1) is 5.82 Å². The van der Waals surface area contributed by atoms with Gasteiger partial charge in [-0.05, 0) is 42.3 Å². The highest BCUT2D eigenvalue weighted by Crippen LogP contribution is 2.22. The third kappa shape index (κ3) is 3.37. The van der Waals surface area contributed by atoms with E-state index in [1.54, 1.807) is 24.3 Å². The van der Waals surface area contributed by atoms with Crippen molar-refractivity contribution < 1.29 is 4.39 Å². The zero-order valence-corrected chi connectivity index (χ0v) is 10.5. The minimum absolute atomic E-state index is 0.213. The van der Waals surface area contributed by atoms with Crippen LogP contribution in [-0.2, 0) is 6.42 Å². The van der Waals surface area contributed by atoms with Gasteiger partial charge in [0.15, 0.2) is 0 Å². The molecule has 0 aliphatic heterocycles. The molecule has 3 N–H and O–H groups in total. The lowest BCUT2D eigenvalue weighted by Crippen LogP contribution is -2.07. The van der Waals surface area contributed by atoms with E-state index in [1.165, 1.54) is 12.1 Å². The van der Waals surface area contributed by atoms with E-state index in [9.17, 15) is 4.39 Å². The maximum Gasteiger partial charge on any atom is 0.123 e. The van der Waals surface area contributed by atoms with E-state index in [2.05, 4.69) is 5.32 Å². The summed E-state index contributed by atoms with van der Waals surface area (Å²) >= 11 is 5.89. The van der Waals surface area contributed by atoms with Gasteiger partial charge in [0.2, 0.25) is 0 Å². The van der Waals surface area contributed by atoms with Gasteiger partial charge in [0, 0.05) is 11.6 Å². The van der Waals surface area contributed by atoms with Crippen LogP contribution in [-0.4, -0.2) is 6.54 Å². The molecule has 0 unspecified atom stereocenters. The summed E-state index contributed by atoms with van der Waals surface area (Å²) in [6, 6.07) is 11.9. The number of hydrogen-bond donors (Lipinski definition) is 2. The predicted octanol–water partition coefficient (Wildman–Crippen LogP) is 3.72. The van der Waals surface area contributed by atoms with Crippen molar-refractivity contribution in [1.82, 2.24) is 0 Å². The summed E-state index contributed by atoms with van der Waals surface area (Å²) in [5.41, 5.74) is 8.22. The topological polar surface area (TPSA) is 38.0 Å². The molecule has 0 atom stereocenters. The number of rotatable bonds is 4. The van der Waals surface area contributed by atoms with Crippen LogP contribution < -0.4 is 11.1 Å². The minimum Gasteiger partial charge on any atom is -0.397 e. The van der Waals surface area contributed by atoms with Crippen LogP contribution >= 0.6 is 11.6 Å². The first kappa shape index (κ1) is 12.7. The molecule has 18 heavy (non-hydrogen) atoms. The minimum atomic E-state index is -0.213. The van der Waals surface area contributed by atoms with Gasteiger partial charge in [0.05, 0.1) is 11.4 Å². The fourth-order valence-corrected chi connectivity index (χ4v) is 1.89. The Hall–Kier alpha value is -1.74. The van der Waals surface area contributed by atoms with Crippen molar-refractivity contribution in [2.45, 2.75) is 6.42 Å². The van der Waals surface area contributed by atoms with E-state index in [4.69, 9.17) is 17.3 Å². The third-order valence-corrected chi connectivity index (χ3v) is 2.87. The van der Waals surface area contributed by atoms with Crippen molar-refractivity contribution >= 4 is 23.0 Å². The van der Waals surface area contributed by atoms with Crippen molar-refractivity contribution in [2.24, 2.45) is 0 Å². The second-order valence-corrected chi connectivity index (χ2v) is 4.47. The highest BCUT2D eigenvalue weighted by molar-refractivity contribution is 6.31. The molecule has 2 nitrogen and oxygen atoms in total. The van der Waals surface area contributed by atoms with Gasteiger partial charge in [-0.15, -0.1) is 0 Å². The third-order valence-electron chi connectivity index (χ3n) is 2.63. The van der Waals surface area contributed by atoms with E-state index in [1.807, 2.05) is 6.07 Å². The number of nitrogen functional groups attached to an aromatic ring is 1. The monoisotopic (exact) mass is 264 g/mol. The molecule has 0 bridgehead atoms. The van der Waals surface area contributed by atoms with E-state index >= 15 is 0 Å². The number of nitrogens with two attached hydrogens (primary N) is 1. The summed E-state index contributed by atoms with van der Waals surface area (Å²) in [6.45, 7) is 0.675. The summed E-state index contributed by atoms with van der Waals surface area (Å²) in [4.78, 5) is 0.